The third kappa shape index (κ3) is 6.23. The molecule has 7 nitrogen and oxygen atoms in total. The SMILES string of the molecule is COCCOc1ccc(NC(=O)NC2CCN(Cc3ccccc3)C2)cn1. The van der Waals surface area contributed by atoms with Crippen molar-refractivity contribution in [1.82, 2.24) is 15.2 Å². The lowest BCUT2D eigenvalue weighted by Gasteiger charge is -2.17. The maximum Gasteiger partial charge on any atom is 0.319 e. The Morgan fingerprint density at radius 1 is 1.22 bits per heavy atom. The molecular formula is C20H26N4O3. The van der Waals surface area contributed by atoms with Crippen molar-refractivity contribution in [2.24, 2.45) is 0 Å². The van der Waals surface area contributed by atoms with Gasteiger partial charge in [-0.1, -0.05) is 30.3 Å². The minimum absolute atomic E-state index is 0.151. The van der Waals surface area contributed by atoms with Crippen molar-refractivity contribution in [3.05, 3.63) is 54.2 Å². The number of likely N-dealkylation sites (tertiary alicyclic amines) is 1. The first-order valence-corrected chi connectivity index (χ1v) is 9.14. The van der Waals surface area contributed by atoms with Gasteiger partial charge in [0.05, 0.1) is 18.5 Å². The molecular weight excluding hydrogens is 344 g/mol. The van der Waals surface area contributed by atoms with E-state index in [0.29, 0.717) is 24.8 Å². The Morgan fingerprint density at radius 2 is 2.07 bits per heavy atom. The van der Waals surface area contributed by atoms with Crippen molar-refractivity contribution >= 4 is 11.7 Å². The quantitative estimate of drug-likeness (QED) is 0.699. The molecule has 1 saturated heterocycles. The second-order valence-electron chi connectivity index (χ2n) is 6.53. The molecule has 1 aromatic heterocycles. The molecule has 2 N–H and O–H groups in total. The molecule has 7 heteroatoms. The average molecular weight is 370 g/mol. The Hall–Kier alpha value is -2.64. The van der Waals surface area contributed by atoms with Crippen LogP contribution in [0.25, 0.3) is 0 Å². The summed E-state index contributed by atoms with van der Waals surface area (Å²) in [6.45, 7) is 3.70. The first kappa shape index (κ1) is 19.1. The number of rotatable bonds is 8. The van der Waals surface area contributed by atoms with Gasteiger partial charge in [-0.05, 0) is 18.1 Å². The van der Waals surface area contributed by atoms with Crippen molar-refractivity contribution in [2.45, 2.75) is 19.0 Å². The monoisotopic (exact) mass is 370 g/mol. The zero-order chi connectivity index (χ0) is 18.9. The van der Waals surface area contributed by atoms with Gasteiger partial charge in [-0.2, -0.15) is 0 Å². The van der Waals surface area contributed by atoms with E-state index in [1.807, 2.05) is 6.07 Å². The molecule has 2 heterocycles. The van der Waals surface area contributed by atoms with Gasteiger partial charge in [0.25, 0.3) is 0 Å². The van der Waals surface area contributed by atoms with Gasteiger partial charge >= 0.3 is 6.03 Å². The standard InChI is InChI=1S/C20H26N4O3/c1-26-11-12-27-19-8-7-17(13-21-19)22-20(25)23-18-9-10-24(15-18)14-16-5-3-2-4-6-16/h2-8,13,18H,9-12,14-15H2,1H3,(H2,22,23,25). The van der Waals surface area contributed by atoms with Gasteiger partial charge in [0, 0.05) is 38.9 Å². The number of carbonyl (C=O) groups excluding carboxylic acids is 1. The average Bonchev–Trinajstić information content (AvgIpc) is 3.11. The second-order valence-corrected chi connectivity index (χ2v) is 6.53. The number of methoxy groups -OCH3 is 1. The number of hydrogen-bond acceptors (Lipinski definition) is 5. The van der Waals surface area contributed by atoms with E-state index >= 15 is 0 Å². The van der Waals surface area contributed by atoms with Gasteiger partial charge in [0.1, 0.15) is 6.61 Å². The smallest absolute Gasteiger partial charge is 0.319 e. The molecule has 144 valence electrons. The maximum atomic E-state index is 12.2. The van der Waals surface area contributed by atoms with Crippen LogP contribution in [-0.4, -0.2) is 55.4 Å². The number of hydrogen-bond donors (Lipinski definition) is 2. The Bertz CT molecular complexity index is 709. The number of anilines is 1. The predicted molar refractivity (Wildman–Crippen MR) is 104 cm³/mol. The lowest BCUT2D eigenvalue weighted by molar-refractivity contribution is 0.144. The van der Waals surface area contributed by atoms with Crippen LogP contribution in [0.1, 0.15) is 12.0 Å². The summed E-state index contributed by atoms with van der Waals surface area (Å²) in [6, 6.07) is 13.8. The minimum atomic E-state index is -0.212. The molecule has 0 saturated carbocycles. The molecule has 1 fully saturated rings. The van der Waals surface area contributed by atoms with E-state index in [4.69, 9.17) is 9.47 Å². The Labute approximate surface area is 159 Å². The summed E-state index contributed by atoms with van der Waals surface area (Å²) >= 11 is 0. The Balaban J connectivity index is 1.40. The van der Waals surface area contributed by atoms with Crippen LogP contribution in [0.4, 0.5) is 10.5 Å². The molecule has 1 aromatic carbocycles. The highest BCUT2D eigenvalue weighted by molar-refractivity contribution is 5.89. The summed E-state index contributed by atoms with van der Waals surface area (Å²) in [5.41, 5.74) is 1.92. The normalized spacial score (nSPS) is 16.9. The molecule has 1 aliphatic heterocycles. The molecule has 0 bridgehead atoms. The summed E-state index contributed by atoms with van der Waals surface area (Å²) in [5, 5.41) is 5.85. The fourth-order valence-corrected chi connectivity index (χ4v) is 3.06. The number of pyridine rings is 1. The van der Waals surface area contributed by atoms with Crippen molar-refractivity contribution in [2.75, 3.05) is 38.7 Å². The zero-order valence-electron chi connectivity index (χ0n) is 15.6. The molecule has 1 atom stereocenters. The molecule has 27 heavy (non-hydrogen) atoms. The zero-order valence-corrected chi connectivity index (χ0v) is 15.6. The van der Waals surface area contributed by atoms with Crippen LogP contribution in [-0.2, 0) is 11.3 Å². The largest absolute Gasteiger partial charge is 0.475 e. The molecule has 3 rings (SSSR count). The number of amides is 2. The number of aromatic nitrogens is 1. The van der Waals surface area contributed by atoms with E-state index in [0.717, 1.165) is 26.1 Å². The Morgan fingerprint density at radius 3 is 2.81 bits per heavy atom. The first-order valence-electron chi connectivity index (χ1n) is 9.14. The number of nitrogens with one attached hydrogen (secondary N) is 2. The van der Waals surface area contributed by atoms with Gasteiger partial charge in [0.15, 0.2) is 0 Å². The van der Waals surface area contributed by atoms with Crippen LogP contribution in [0.5, 0.6) is 5.88 Å². The molecule has 1 unspecified atom stereocenters. The van der Waals surface area contributed by atoms with Crippen molar-refractivity contribution < 1.29 is 14.3 Å². The Kier molecular flexibility index (Phi) is 7.01. The number of ether oxygens (including phenoxy) is 2. The summed E-state index contributed by atoms with van der Waals surface area (Å²) in [7, 11) is 1.62. The summed E-state index contributed by atoms with van der Waals surface area (Å²) in [4.78, 5) is 18.7. The lowest BCUT2D eigenvalue weighted by atomic mass is 10.2. The van der Waals surface area contributed by atoms with Gasteiger partial charge in [-0.3, -0.25) is 4.90 Å². The van der Waals surface area contributed by atoms with E-state index in [1.54, 1.807) is 25.4 Å². The summed E-state index contributed by atoms with van der Waals surface area (Å²) in [5.74, 6) is 0.505. The first-order chi connectivity index (χ1) is 13.2. The van der Waals surface area contributed by atoms with Crippen LogP contribution in [0.3, 0.4) is 0 Å². The number of benzene rings is 1. The van der Waals surface area contributed by atoms with Crippen LogP contribution in [0, 0.1) is 0 Å². The number of nitrogens with zero attached hydrogens (tertiary/aromatic N) is 2. The van der Waals surface area contributed by atoms with Gasteiger partial charge < -0.3 is 20.1 Å². The van der Waals surface area contributed by atoms with Crippen LogP contribution in [0.15, 0.2) is 48.7 Å². The highest BCUT2D eigenvalue weighted by Gasteiger charge is 2.23. The predicted octanol–water partition coefficient (Wildman–Crippen LogP) is 2.50. The third-order valence-electron chi connectivity index (χ3n) is 4.39. The highest BCUT2D eigenvalue weighted by Crippen LogP contribution is 2.14. The minimum Gasteiger partial charge on any atom is -0.475 e. The van der Waals surface area contributed by atoms with Gasteiger partial charge in [-0.25, -0.2) is 9.78 Å². The lowest BCUT2D eigenvalue weighted by Crippen LogP contribution is -2.39. The summed E-state index contributed by atoms with van der Waals surface area (Å²) < 4.78 is 10.3. The van der Waals surface area contributed by atoms with Crippen molar-refractivity contribution in [3.63, 3.8) is 0 Å². The van der Waals surface area contributed by atoms with E-state index in [2.05, 4.69) is 44.8 Å². The van der Waals surface area contributed by atoms with Crippen LogP contribution in [0.2, 0.25) is 0 Å². The van der Waals surface area contributed by atoms with E-state index in [9.17, 15) is 4.79 Å². The second kappa shape index (κ2) is 9.89. The molecule has 2 amide bonds. The molecule has 1 aliphatic rings. The van der Waals surface area contributed by atoms with Gasteiger partial charge in [0.2, 0.25) is 5.88 Å². The molecule has 0 aliphatic carbocycles. The van der Waals surface area contributed by atoms with E-state index in [-0.39, 0.29) is 12.1 Å². The topological polar surface area (TPSA) is 75.7 Å². The molecule has 0 radical (unpaired) electrons. The van der Waals surface area contributed by atoms with Crippen LogP contribution < -0.4 is 15.4 Å². The van der Waals surface area contributed by atoms with Crippen molar-refractivity contribution in [3.8, 4) is 5.88 Å². The third-order valence-corrected chi connectivity index (χ3v) is 4.39. The van der Waals surface area contributed by atoms with E-state index in [1.165, 1.54) is 5.56 Å². The maximum absolute atomic E-state index is 12.2. The fraction of sp³-hybridized carbons (Fsp3) is 0.400. The molecule has 2 aromatic rings. The molecule has 0 spiro atoms. The fourth-order valence-electron chi connectivity index (χ4n) is 3.06. The van der Waals surface area contributed by atoms with Crippen molar-refractivity contribution in [1.29, 1.82) is 0 Å². The number of carbonyl (C=O) groups is 1. The van der Waals surface area contributed by atoms with Crippen LogP contribution >= 0.6 is 0 Å². The summed E-state index contributed by atoms with van der Waals surface area (Å²) in [6.07, 6.45) is 2.53. The van der Waals surface area contributed by atoms with Gasteiger partial charge in [-0.15, -0.1) is 0 Å². The van der Waals surface area contributed by atoms with E-state index < -0.39 is 0 Å². The number of urea groups is 1. The highest BCUT2D eigenvalue weighted by atomic mass is 16.5.